The number of ether oxygens (including phenoxy) is 1. The average Bonchev–Trinajstić information content (AvgIpc) is 3.13. The van der Waals surface area contributed by atoms with Gasteiger partial charge in [0.1, 0.15) is 17.1 Å². The summed E-state index contributed by atoms with van der Waals surface area (Å²) in [4.78, 5) is 0. The highest BCUT2D eigenvalue weighted by Gasteiger charge is 2.22. The number of nitrogens with zero attached hydrogens (tertiary/aromatic N) is 3. The molecule has 0 fully saturated rings. The van der Waals surface area contributed by atoms with Crippen LogP contribution < -0.4 is 4.74 Å². The molecule has 29 heavy (non-hydrogen) atoms. The van der Waals surface area contributed by atoms with E-state index in [1.165, 1.54) is 13.3 Å². The smallest absolute Gasteiger partial charge is 0.156 e. The summed E-state index contributed by atoms with van der Waals surface area (Å²) in [6.07, 6.45) is 1.38. The summed E-state index contributed by atoms with van der Waals surface area (Å²) in [5.74, 6) is -1.92. The Morgan fingerprint density at radius 2 is 1.93 bits per heavy atom. The van der Waals surface area contributed by atoms with Crippen LogP contribution >= 0.6 is 0 Å². The first-order valence-electron chi connectivity index (χ1n) is 8.94. The maximum Gasteiger partial charge on any atom is 0.156 e. The van der Waals surface area contributed by atoms with Gasteiger partial charge in [-0.2, -0.15) is 0 Å². The zero-order valence-corrected chi connectivity index (χ0v) is 17.1. The molecule has 0 atom stereocenters. The van der Waals surface area contributed by atoms with E-state index in [1.807, 2.05) is 0 Å². The minimum atomic E-state index is -3.54. The normalized spacial score (nSPS) is 11.8. The fourth-order valence-corrected chi connectivity index (χ4v) is 4.83. The van der Waals surface area contributed by atoms with Crippen molar-refractivity contribution in [1.29, 1.82) is 0 Å². The summed E-state index contributed by atoms with van der Waals surface area (Å²) in [5.41, 5.74) is 0.469. The Balaban J connectivity index is 1.98. The molecule has 1 heterocycles. The number of hydrogen-bond donors (Lipinski definition) is 0. The summed E-state index contributed by atoms with van der Waals surface area (Å²) >= 11 is 0. The molecule has 0 aliphatic heterocycles. The topological polar surface area (TPSA) is 74.1 Å². The number of halogens is 2. The van der Waals surface area contributed by atoms with Crippen molar-refractivity contribution >= 4 is 9.84 Å². The van der Waals surface area contributed by atoms with Gasteiger partial charge in [0.05, 0.1) is 24.8 Å². The fraction of sp³-hybridized carbons (Fsp3) is 0.300. The van der Waals surface area contributed by atoms with E-state index in [2.05, 4.69) is 10.3 Å². The number of sulfone groups is 1. The zero-order chi connectivity index (χ0) is 21.2. The van der Waals surface area contributed by atoms with E-state index in [0.717, 1.165) is 16.8 Å². The lowest BCUT2D eigenvalue weighted by molar-refractivity contribution is 0.415. The Bertz CT molecular complexity index is 1130. The molecule has 3 rings (SSSR count). The molecule has 0 saturated heterocycles. The molecule has 0 radical (unpaired) electrons. The van der Waals surface area contributed by atoms with E-state index in [0.29, 0.717) is 17.0 Å². The van der Waals surface area contributed by atoms with Crippen molar-refractivity contribution < 1.29 is 21.9 Å². The molecular formula is C20H21F2N3O3S. The predicted molar refractivity (Wildman–Crippen MR) is 106 cm³/mol. The maximum absolute atomic E-state index is 15.0. The third kappa shape index (κ3) is 4.79. The first-order chi connectivity index (χ1) is 13.7. The monoisotopic (exact) mass is 421 g/mol. The second kappa shape index (κ2) is 8.28. The molecule has 0 unspecified atom stereocenters. The highest BCUT2D eigenvalue weighted by molar-refractivity contribution is 7.90. The Hall–Kier alpha value is -2.81. The molecule has 6 nitrogen and oxygen atoms in total. The summed E-state index contributed by atoms with van der Waals surface area (Å²) in [6.45, 7) is 3.53. The molecule has 3 aromatic rings. The number of rotatable bonds is 7. The maximum atomic E-state index is 15.0. The van der Waals surface area contributed by atoms with E-state index in [4.69, 9.17) is 4.74 Å². The van der Waals surface area contributed by atoms with Crippen molar-refractivity contribution in [1.82, 2.24) is 15.0 Å². The van der Waals surface area contributed by atoms with Gasteiger partial charge in [0.2, 0.25) is 0 Å². The van der Waals surface area contributed by atoms with Gasteiger partial charge in [-0.25, -0.2) is 21.9 Å². The molecule has 154 valence electrons. The molecule has 0 aliphatic carbocycles. The van der Waals surface area contributed by atoms with Crippen molar-refractivity contribution in [2.45, 2.75) is 19.6 Å². The molecule has 2 aromatic carbocycles. The van der Waals surface area contributed by atoms with Gasteiger partial charge in [0.25, 0.3) is 0 Å². The Morgan fingerprint density at radius 1 is 1.17 bits per heavy atom. The van der Waals surface area contributed by atoms with Crippen LogP contribution in [0.4, 0.5) is 8.78 Å². The average molecular weight is 421 g/mol. The molecule has 0 spiro atoms. The summed E-state index contributed by atoms with van der Waals surface area (Å²) in [5, 5.41) is 7.79. The highest BCUT2D eigenvalue weighted by atomic mass is 32.2. The Morgan fingerprint density at radius 3 is 2.62 bits per heavy atom. The molecule has 0 saturated carbocycles. The van der Waals surface area contributed by atoms with Gasteiger partial charge < -0.3 is 4.74 Å². The van der Waals surface area contributed by atoms with Gasteiger partial charge in [0, 0.05) is 11.1 Å². The van der Waals surface area contributed by atoms with E-state index in [1.54, 1.807) is 38.1 Å². The van der Waals surface area contributed by atoms with Crippen LogP contribution in [0.1, 0.15) is 19.4 Å². The lowest BCUT2D eigenvalue weighted by Gasteiger charge is -2.11. The van der Waals surface area contributed by atoms with Gasteiger partial charge in [-0.1, -0.05) is 37.3 Å². The zero-order valence-electron chi connectivity index (χ0n) is 16.3. The molecule has 9 heteroatoms. The minimum absolute atomic E-state index is 0.0809. The Labute approximate surface area is 168 Å². The van der Waals surface area contributed by atoms with Crippen molar-refractivity contribution in [2.24, 2.45) is 5.92 Å². The van der Waals surface area contributed by atoms with Crippen LogP contribution in [0.3, 0.4) is 0 Å². The first-order valence-corrected chi connectivity index (χ1v) is 10.8. The van der Waals surface area contributed by atoms with Crippen LogP contribution in [-0.2, 0) is 15.6 Å². The van der Waals surface area contributed by atoms with E-state index in [9.17, 15) is 12.8 Å². The summed E-state index contributed by atoms with van der Waals surface area (Å²) < 4.78 is 60.0. The van der Waals surface area contributed by atoms with E-state index in [-0.39, 0.29) is 17.2 Å². The van der Waals surface area contributed by atoms with Crippen LogP contribution in [0.2, 0.25) is 0 Å². The van der Waals surface area contributed by atoms with Crippen LogP contribution in [-0.4, -0.2) is 36.3 Å². The molecule has 1 aromatic heterocycles. The van der Waals surface area contributed by atoms with Crippen molar-refractivity contribution in [3.8, 4) is 22.7 Å². The number of methoxy groups -OCH3 is 1. The summed E-state index contributed by atoms with van der Waals surface area (Å²) in [6, 6.07) is 9.18. The number of aromatic nitrogens is 3. The van der Waals surface area contributed by atoms with E-state index >= 15 is 4.39 Å². The standard InChI is InChI=1S/C20H21F2N3O3S/c1-13(2)11-29(26,27)12-15-7-8-17(21)20(19(15)22)25-10-18(23-24-25)14-5-4-6-16(9-14)28-3/h4-10,13H,11-12H2,1-3H3. The van der Waals surface area contributed by atoms with Gasteiger partial charge in [-0.3, -0.25) is 0 Å². The Kier molecular flexibility index (Phi) is 5.97. The van der Waals surface area contributed by atoms with Gasteiger partial charge in [-0.05, 0) is 24.1 Å². The minimum Gasteiger partial charge on any atom is -0.497 e. The van der Waals surface area contributed by atoms with Gasteiger partial charge in [0.15, 0.2) is 21.5 Å². The third-order valence-electron chi connectivity index (χ3n) is 4.20. The van der Waals surface area contributed by atoms with Crippen LogP contribution in [0.15, 0.2) is 42.6 Å². The molecule has 0 amide bonds. The molecule has 0 bridgehead atoms. The quantitative estimate of drug-likeness (QED) is 0.580. The van der Waals surface area contributed by atoms with Gasteiger partial charge in [-0.15, -0.1) is 5.10 Å². The lowest BCUT2D eigenvalue weighted by Crippen LogP contribution is -2.15. The summed E-state index contributed by atoms with van der Waals surface area (Å²) in [7, 11) is -2.01. The van der Waals surface area contributed by atoms with Crippen LogP contribution in [0, 0.1) is 17.6 Å². The van der Waals surface area contributed by atoms with Crippen molar-refractivity contribution in [3.63, 3.8) is 0 Å². The van der Waals surface area contributed by atoms with Crippen molar-refractivity contribution in [3.05, 3.63) is 59.8 Å². The predicted octanol–water partition coefficient (Wildman–Crippen LogP) is 3.79. The molecular weight excluding hydrogens is 400 g/mol. The second-order valence-electron chi connectivity index (χ2n) is 7.10. The van der Waals surface area contributed by atoms with Crippen LogP contribution in [0.5, 0.6) is 5.75 Å². The van der Waals surface area contributed by atoms with E-state index < -0.39 is 32.9 Å². The molecule has 0 N–H and O–H groups in total. The fourth-order valence-electron chi connectivity index (χ4n) is 3.00. The number of benzene rings is 2. The van der Waals surface area contributed by atoms with Crippen molar-refractivity contribution in [2.75, 3.05) is 12.9 Å². The van der Waals surface area contributed by atoms with Crippen LogP contribution in [0.25, 0.3) is 16.9 Å². The largest absolute Gasteiger partial charge is 0.497 e. The lowest BCUT2D eigenvalue weighted by atomic mass is 10.1. The van der Waals surface area contributed by atoms with Gasteiger partial charge >= 0.3 is 0 Å². The first kappa shape index (κ1) is 20.9. The number of hydrogen-bond acceptors (Lipinski definition) is 5. The third-order valence-corrected chi connectivity index (χ3v) is 6.12. The molecule has 0 aliphatic rings. The second-order valence-corrected chi connectivity index (χ2v) is 9.21. The SMILES string of the molecule is COc1cccc(-c2cn(-c3c(F)ccc(CS(=O)(=O)CC(C)C)c3F)nn2)c1. The highest BCUT2D eigenvalue weighted by Crippen LogP contribution is 2.26.